The Morgan fingerprint density at radius 2 is 1.22 bits per heavy atom. The van der Waals surface area contributed by atoms with Crippen LogP contribution >= 0.6 is 0 Å². The Morgan fingerprint density at radius 3 is 1.71 bits per heavy atom. The topological polar surface area (TPSA) is 155 Å². The Hall–Kier alpha value is -4.37. The molecule has 0 heterocycles. The molecule has 2 aromatic rings. The van der Waals surface area contributed by atoms with Gasteiger partial charge in [-0.3, -0.25) is 24.0 Å². The second-order valence-electron chi connectivity index (χ2n) is 12.3. The maximum atomic E-state index is 14.7. The molecule has 8 atom stereocenters. The lowest BCUT2D eigenvalue weighted by Gasteiger charge is -2.52. The third-order valence-electron chi connectivity index (χ3n) is 10.5. The molecule has 6 aliphatic carbocycles. The molecule has 9 heteroatoms. The molecule has 1 unspecified atom stereocenters. The molecular formula is C32H24O9. The SMILES string of the molecule is CC(=O)O[C@@H]1[C@@H]2C=C3C(=O)c4c(O)cc(C)cc4C(=O)[C@@]34[C@@H]3C=C5C(=O)c6c(O)cc(C)cc6C(=O)[C@]52C([C@@H]3O)[C@@H]14. The zero-order valence-electron chi connectivity index (χ0n) is 22.2. The Morgan fingerprint density at radius 1 is 0.756 bits per heavy atom. The van der Waals surface area contributed by atoms with Gasteiger partial charge in [0.25, 0.3) is 0 Å². The van der Waals surface area contributed by atoms with Crippen LogP contribution < -0.4 is 0 Å². The maximum Gasteiger partial charge on any atom is 0.302 e. The Bertz CT molecular complexity index is 1800. The average molecular weight is 553 g/mol. The molecule has 8 rings (SSSR count). The number of fused-ring (bicyclic) bond motifs is 4. The first-order valence-electron chi connectivity index (χ1n) is 13.5. The van der Waals surface area contributed by atoms with Gasteiger partial charge >= 0.3 is 5.97 Å². The van der Waals surface area contributed by atoms with Crippen molar-refractivity contribution in [1.82, 2.24) is 0 Å². The van der Waals surface area contributed by atoms with Crippen LogP contribution in [0.15, 0.2) is 47.6 Å². The fourth-order valence-corrected chi connectivity index (χ4v) is 9.54. The van der Waals surface area contributed by atoms with Crippen LogP contribution in [-0.4, -0.2) is 56.6 Å². The number of phenolic OH excluding ortho intramolecular Hbond substituents is 2. The van der Waals surface area contributed by atoms with E-state index in [0.717, 1.165) is 0 Å². The molecule has 3 N–H and O–H groups in total. The van der Waals surface area contributed by atoms with Crippen molar-refractivity contribution in [1.29, 1.82) is 0 Å². The number of aromatic hydroxyl groups is 2. The van der Waals surface area contributed by atoms with Crippen molar-refractivity contribution in [3.8, 4) is 11.5 Å². The molecule has 2 fully saturated rings. The van der Waals surface area contributed by atoms with Crippen LogP contribution in [0.4, 0.5) is 0 Å². The molecule has 206 valence electrons. The zero-order valence-corrected chi connectivity index (χ0v) is 22.2. The third-order valence-corrected chi connectivity index (χ3v) is 10.5. The van der Waals surface area contributed by atoms with Gasteiger partial charge < -0.3 is 20.1 Å². The fourth-order valence-electron chi connectivity index (χ4n) is 9.54. The molecule has 6 aliphatic rings. The van der Waals surface area contributed by atoms with Gasteiger partial charge in [0.1, 0.15) is 17.6 Å². The third kappa shape index (κ3) is 2.33. The summed E-state index contributed by atoms with van der Waals surface area (Å²) in [5.74, 6) is -7.78. The van der Waals surface area contributed by atoms with Crippen LogP contribution in [0.2, 0.25) is 0 Å². The molecule has 2 spiro atoms. The molecule has 9 nitrogen and oxygen atoms in total. The second kappa shape index (κ2) is 7.09. The van der Waals surface area contributed by atoms with E-state index < -0.39 is 75.8 Å². The number of benzene rings is 2. The second-order valence-corrected chi connectivity index (χ2v) is 12.3. The van der Waals surface area contributed by atoms with Gasteiger partial charge in [-0.15, -0.1) is 0 Å². The van der Waals surface area contributed by atoms with E-state index in [9.17, 15) is 39.3 Å². The number of hydrogen-bond acceptors (Lipinski definition) is 9. The summed E-state index contributed by atoms with van der Waals surface area (Å²) in [7, 11) is 0. The number of phenols is 2. The summed E-state index contributed by atoms with van der Waals surface area (Å²) < 4.78 is 5.84. The van der Waals surface area contributed by atoms with Gasteiger partial charge in [0.05, 0.1) is 28.1 Å². The molecule has 0 amide bonds. The van der Waals surface area contributed by atoms with E-state index in [0.29, 0.717) is 11.1 Å². The Balaban J connectivity index is 1.50. The minimum absolute atomic E-state index is 0.0130. The highest BCUT2D eigenvalue weighted by atomic mass is 16.5. The molecule has 0 aliphatic heterocycles. The number of Topliss-reactive ketones (excluding diaryl/α,β-unsaturated/α-hetero) is 4. The smallest absolute Gasteiger partial charge is 0.302 e. The molecule has 0 radical (unpaired) electrons. The van der Waals surface area contributed by atoms with Crippen molar-refractivity contribution in [3.63, 3.8) is 0 Å². The highest BCUT2D eigenvalue weighted by Gasteiger charge is 2.85. The van der Waals surface area contributed by atoms with Crippen molar-refractivity contribution < 1.29 is 44.0 Å². The number of hydrogen-bond donors (Lipinski definition) is 3. The van der Waals surface area contributed by atoms with Crippen LogP contribution in [-0.2, 0) is 9.53 Å². The molecule has 41 heavy (non-hydrogen) atoms. The minimum Gasteiger partial charge on any atom is -0.507 e. The van der Waals surface area contributed by atoms with Crippen LogP contribution in [0.1, 0.15) is 59.5 Å². The summed E-state index contributed by atoms with van der Waals surface area (Å²) >= 11 is 0. The summed E-state index contributed by atoms with van der Waals surface area (Å²) in [4.78, 5) is 70.2. The van der Waals surface area contributed by atoms with E-state index in [2.05, 4.69) is 0 Å². The summed E-state index contributed by atoms with van der Waals surface area (Å²) in [6.07, 6.45) is 0.547. The first-order valence-corrected chi connectivity index (χ1v) is 13.5. The number of ketones is 4. The predicted octanol–water partition coefficient (Wildman–Crippen LogP) is 2.81. The quantitative estimate of drug-likeness (QED) is 0.453. The zero-order chi connectivity index (χ0) is 29.1. The van der Waals surface area contributed by atoms with E-state index >= 15 is 0 Å². The number of rotatable bonds is 1. The molecule has 4 bridgehead atoms. The van der Waals surface area contributed by atoms with E-state index in [4.69, 9.17) is 4.74 Å². The summed E-state index contributed by atoms with van der Waals surface area (Å²) in [6, 6.07) is 5.82. The van der Waals surface area contributed by atoms with Gasteiger partial charge in [-0.1, -0.05) is 12.2 Å². The molecule has 2 aromatic carbocycles. The first kappa shape index (κ1) is 24.4. The highest BCUT2D eigenvalue weighted by Crippen LogP contribution is 2.79. The van der Waals surface area contributed by atoms with Crippen molar-refractivity contribution in [2.45, 2.75) is 33.0 Å². The number of esters is 1. The van der Waals surface area contributed by atoms with E-state index in [1.165, 1.54) is 43.3 Å². The standard InChI is InChI=1S/C32H24O9/c1-10-4-13-21(19(34)6-10)26(37)16-9-18-28(41-12(3)33)24-23-27(38)17(31(16,24)29(13)39)8-15-25(36)22-14(30(40)32(15,18)23)5-11(2)7-20(22)35/h4-9,17-18,23-24,27-28,34-35,38H,1-3H3/t17-,18+,23?,24+,27-,28-,31-,32-/m1/s1. The van der Waals surface area contributed by atoms with E-state index in [1.54, 1.807) is 13.8 Å². The predicted molar refractivity (Wildman–Crippen MR) is 140 cm³/mol. The summed E-state index contributed by atoms with van der Waals surface area (Å²) in [5.41, 5.74) is -2.60. The largest absolute Gasteiger partial charge is 0.507 e. The number of aliphatic hydroxyl groups is 1. The lowest BCUT2D eigenvalue weighted by atomic mass is 9.49. The number of carbonyl (C=O) groups is 5. The Kier molecular flexibility index (Phi) is 4.22. The highest BCUT2D eigenvalue weighted by molar-refractivity contribution is 6.30. The molecular weight excluding hydrogens is 528 g/mol. The molecule has 2 saturated carbocycles. The Labute approximate surface area is 233 Å². The van der Waals surface area contributed by atoms with Gasteiger partial charge in [0.2, 0.25) is 0 Å². The van der Waals surface area contributed by atoms with Crippen molar-refractivity contribution in [2.24, 2.45) is 34.5 Å². The normalized spacial score (nSPS) is 36.8. The van der Waals surface area contributed by atoms with Crippen LogP contribution in [0, 0.1) is 48.3 Å². The average Bonchev–Trinajstić information content (AvgIpc) is 3.18. The number of carbonyl (C=O) groups excluding carboxylic acids is 5. The van der Waals surface area contributed by atoms with Crippen LogP contribution in [0.25, 0.3) is 0 Å². The van der Waals surface area contributed by atoms with Gasteiger partial charge in [-0.25, -0.2) is 0 Å². The first-order chi connectivity index (χ1) is 19.4. The van der Waals surface area contributed by atoms with Crippen molar-refractivity contribution in [3.05, 3.63) is 80.9 Å². The van der Waals surface area contributed by atoms with E-state index in [1.807, 2.05) is 0 Å². The van der Waals surface area contributed by atoms with Crippen LogP contribution in [0.5, 0.6) is 11.5 Å². The molecule has 0 aromatic heterocycles. The summed E-state index contributed by atoms with van der Waals surface area (Å²) in [6.45, 7) is 4.55. The van der Waals surface area contributed by atoms with Gasteiger partial charge in [0.15, 0.2) is 23.1 Å². The number of allylic oxidation sites excluding steroid dienone is 2. The summed E-state index contributed by atoms with van der Waals surface area (Å²) in [5, 5.41) is 33.4. The fraction of sp³-hybridized carbons (Fsp3) is 0.344. The lowest BCUT2D eigenvalue weighted by Crippen LogP contribution is -2.59. The monoisotopic (exact) mass is 552 g/mol. The van der Waals surface area contributed by atoms with Gasteiger partial charge in [-0.2, -0.15) is 0 Å². The van der Waals surface area contributed by atoms with Crippen LogP contribution in [0.3, 0.4) is 0 Å². The van der Waals surface area contributed by atoms with Crippen molar-refractivity contribution >= 4 is 29.1 Å². The number of aliphatic hydroxyl groups excluding tert-OH is 1. The minimum atomic E-state index is -1.73. The van der Waals surface area contributed by atoms with E-state index in [-0.39, 0.29) is 44.9 Å². The van der Waals surface area contributed by atoms with Crippen molar-refractivity contribution in [2.75, 3.05) is 0 Å². The maximum absolute atomic E-state index is 14.7. The molecule has 0 saturated heterocycles. The van der Waals surface area contributed by atoms with Gasteiger partial charge in [-0.05, 0) is 49.2 Å². The number of ether oxygens (including phenoxy) is 1. The lowest BCUT2D eigenvalue weighted by molar-refractivity contribution is -0.152. The van der Waals surface area contributed by atoms with Gasteiger partial charge in [0, 0.05) is 52.9 Å². The number of aryl methyl sites for hydroxylation is 2.